The molecule has 2 unspecified atom stereocenters. The van der Waals surface area contributed by atoms with Gasteiger partial charge in [-0.1, -0.05) is 24.3 Å². The van der Waals surface area contributed by atoms with Gasteiger partial charge in [-0.05, 0) is 55.7 Å². The number of aryl methyl sites for hydroxylation is 1. The minimum absolute atomic E-state index is 0.0478. The lowest BCUT2D eigenvalue weighted by Crippen LogP contribution is -2.48. The van der Waals surface area contributed by atoms with Crippen LogP contribution in [0.3, 0.4) is 0 Å². The fourth-order valence-electron chi connectivity index (χ4n) is 3.39. The Kier molecular flexibility index (Phi) is 6.24. The van der Waals surface area contributed by atoms with Crippen molar-refractivity contribution in [3.8, 4) is 0 Å². The van der Waals surface area contributed by atoms with E-state index in [2.05, 4.69) is 5.32 Å². The Hall–Kier alpha value is -2.24. The van der Waals surface area contributed by atoms with Crippen LogP contribution in [0.2, 0.25) is 0 Å². The summed E-state index contributed by atoms with van der Waals surface area (Å²) in [4.78, 5) is 14.5. The molecule has 1 saturated heterocycles. The number of hydrogen-bond acceptors (Lipinski definition) is 3. The highest BCUT2D eigenvalue weighted by Gasteiger charge is 2.26. The highest BCUT2D eigenvalue weighted by atomic mass is 19.1. The van der Waals surface area contributed by atoms with E-state index in [0.717, 1.165) is 11.1 Å². The molecule has 3 rings (SSSR count). The Labute approximate surface area is 160 Å². The summed E-state index contributed by atoms with van der Waals surface area (Å²) in [7, 11) is 0. The molecular formula is C22H27FN2O2. The fraction of sp³-hybridized carbons (Fsp3) is 0.409. The number of ether oxygens (including phenoxy) is 1. The van der Waals surface area contributed by atoms with Gasteiger partial charge in [0.15, 0.2) is 0 Å². The maximum atomic E-state index is 13.6. The highest BCUT2D eigenvalue weighted by molar-refractivity contribution is 5.94. The van der Waals surface area contributed by atoms with Gasteiger partial charge in [0.2, 0.25) is 0 Å². The molecule has 1 aliphatic rings. The number of benzene rings is 2. The maximum Gasteiger partial charge on any atom is 0.254 e. The van der Waals surface area contributed by atoms with Crippen molar-refractivity contribution in [2.45, 2.75) is 46.1 Å². The number of nitrogens with one attached hydrogen (secondary N) is 1. The van der Waals surface area contributed by atoms with Crippen LogP contribution >= 0.6 is 0 Å². The van der Waals surface area contributed by atoms with Crippen molar-refractivity contribution in [1.29, 1.82) is 0 Å². The predicted molar refractivity (Wildman–Crippen MR) is 104 cm³/mol. The van der Waals surface area contributed by atoms with Crippen LogP contribution in [-0.2, 0) is 17.8 Å². The second kappa shape index (κ2) is 8.63. The lowest BCUT2D eigenvalue weighted by molar-refractivity contribution is -0.0586. The van der Waals surface area contributed by atoms with Gasteiger partial charge >= 0.3 is 0 Å². The van der Waals surface area contributed by atoms with E-state index in [-0.39, 0.29) is 23.9 Å². The summed E-state index contributed by atoms with van der Waals surface area (Å²) in [5, 5.41) is 3.31. The van der Waals surface area contributed by atoms with Crippen molar-refractivity contribution >= 4 is 5.91 Å². The van der Waals surface area contributed by atoms with Crippen molar-refractivity contribution in [2.24, 2.45) is 0 Å². The number of hydrogen-bond donors (Lipinski definition) is 1. The number of carbonyl (C=O) groups is 1. The molecule has 2 aromatic rings. The Morgan fingerprint density at radius 3 is 2.30 bits per heavy atom. The maximum absolute atomic E-state index is 13.6. The van der Waals surface area contributed by atoms with E-state index < -0.39 is 0 Å². The van der Waals surface area contributed by atoms with Crippen molar-refractivity contribution in [3.63, 3.8) is 0 Å². The molecule has 0 radical (unpaired) electrons. The van der Waals surface area contributed by atoms with E-state index >= 15 is 0 Å². The fourth-order valence-corrected chi connectivity index (χ4v) is 3.39. The summed E-state index contributed by atoms with van der Waals surface area (Å²) in [6, 6.07) is 12.9. The van der Waals surface area contributed by atoms with Crippen LogP contribution in [0, 0.1) is 12.7 Å². The molecular weight excluding hydrogens is 343 g/mol. The third-order valence-electron chi connectivity index (χ3n) is 4.80. The number of rotatable bonds is 5. The van der Waals surface area contributed by atoms with Gasteiger partial charge in [0.1, 0.15) is 5.82 Å². The largest absolute Gasteiger partial charge is 0.372 e. The molecule has 0 aliphatic carbocycles. The van der Waals surface area contributed by atoms with E-state index in [9.17, 15) is 9.18 Å². The molecule has 0 aromatic heterocycles. The SMILES string of the molecule is Cc1ccc(CNCc2ccc(C(=O)N3CC(C)OC(C)C3)cc2)cc1F. The quantitative estimate of drug-likeness (QED) is 0.873. The molecule has 144 valence electrons. The third-order valence-corrected chi connectivity index (χ3v) is 4.80. The molecule has 1 amide bonds. The molecule has 1 heterocycles. The zero-order valence-electron chi connectivity index (χ0n) is 16.2. The summed E-state index contributed by atoms with van der Waals surface area (Å²) in [6.45, 7) is 8.25. The van der Waals surface area contributed by atoms with Crippen LogP contribution in [0.15, 0.2) is 42.5 Å². The lowest BCUT2D eigenvalue weighted by atomic mass is 10.1. The summed E-state index contributed by atoms with van der Waals surface area (Å²) in [6.07, 6.45) is 0.126. The van der Waals surface area contributed by atoms with E-state index in [0.29, 0.717) is 37.3 Å². The van der Waals surface area contributed by atoms with Crippen LogP contribution < -0.4 is 5.32 Å². The minimum Gasteiger partial charge on any atom is -0.372 e. The number of halogens is 1. The molecule has 4 nitrogen and oxygen atoms in total. The molecule has 1 aliphatic heterocycles. The number of nitrogens with zero attached hydrogens (tertiary/aromatic N) is 1. The van der Waals surface area contributed by atoms with Crippen LogP contribution in [0.4, 0.5) is 4.39 Å². The monoisotopic (exact) mass is 370 g/mol. The topological polar surface area (TPSA) is 41.6 Å². The van der Waals surface area contributed by atoms with Gasteiger partial charge in [-0.15, -0.1) is 0 Å². The van der Waals surface area contributed by atoms with E-state index in [1.807, 2.05) is 49.1 Å². The second-order valence-corrected chi connectivity index (χ2v) is 7.35. The predicted octanol–water partition coefficient (Wildman–Crippen LogP) is 3.67. The molecule has 1 N–H and O–H groups in total. The molecule has 0 bridgehead atoms. The molecule has 0 spiro atoms. The summed E-state index contributed by atoms with van der Waals surface area (Å²) in [5.74, 6) is -0.129. The summed E-state index contributed by atoms with van der Waals surface area (Å²) >= 11 is 0. The molecule has 2 atom stereocenters. The van der Waals surface area contributed by atoms with Gasteiger partial charge in [0.05, 0.1) is 12.2 Å². The minimum atomic E-state index is -0.177. The number of morpholine rings is 1. The van der Waals surface area contributed by atoms with E-state index in [4.69, 9.17) is 4.74 Å². The third kappa shape index (κ3) is 5.15. The smallest absolute Gasteiger partial charge is 0.254 e. The van der Waals surface area contributed by atoms with Gasteiger partial charge in [0, 0.05) is 31.7 Å². The van der Waals surface area contributed by atoms with Crippen LogP contribution in [0.25, 0.3) is 0 Å². The van der Waals surface area contributed by atoms with Crippen molar-refractivity contribution in [3.05, 3.63) is 70.5 Å². The zero-order valence-corrected chi connectivity index (χ0v) is 16.2. The van der Waals surface area contributed by atoms with Crippen molar-refractivity contribution in [1.82, 2.24) is 10.2 Å². The highest BCUT2D eigenvalue weighted by Crippen LogP contribution is 2.15. The molecule has 2 aromatic carbocycles. The Bertz CT molecular complexity index is 781. The first-order valence-corrected chi connectivity index (χ1v) is 9.42. The first-order chi connectivity index (χ1) is 12.9. The van der Waals surface area contributed by atoms with Gasteiger partial charge in [-0.2, -0.15) is 0 Å². The van der Waals surface area contributed by atoms with Gasteiger partial charge in [-0.3, -0.25) is 4.79 Å². The Morgan fingerprint density at radius 2 is 1.67 bits per heavy atom. The van der Waals surface area contributed by atoms with Gasteiger partial charge in [0.25, 0.3) is 5.91 Å². The molecule has 0 saturated carbocycles. The second-order valence-electron chi connectivity index (χ2n) is 7.35. The average Bonchev–Trinajstić information content (AvgIpc) is 2.64. The van der Waals surface area contributed by atoms with Crippen molar-refractivity contribution in [2.75, 3.05) is 13.1 Å². The normalized spacial score (nSPS) is 19.9. The van der Waals surface area contributed by atoms with Crippen LogP contribution in [-0.4, -0.2) is 36.1 Å². The Balaban J connectivity index is 1.53. The number of carbonyl (C=O) groups excluding carboxylic acids is 1. The molecule has 1 fully saturated rings. The van der Waals surface area contributed by atoms with Gasteiger partial charge in [-0.25, -0.2) is 4.39 Å². The van der Waals surface area contributed by atoms with Crippen LogP contribution in [0.5, 0.6) is 0 Å². The average molecular weight is 370 g/mol. The standard InChI is InChI=1S/C22H27FN2O2/c1-15-4-5-19(10-21(15)23)12-24-11-18-6-8-20(9-7-18)22(26)25-13-16(2)27-17(3)14-25/h4-10,16-17,24H,11-14H2,1-3H3. The zero-order chi connectivity index (χ0) is 19.4. The number of amides is 1. The molecule has 27 heavy (non-hydrogen) atoms. The molecule has 5 heteroatoms. The van der Waals surface area contributed by atoms with E-state index in [1.54, 1.807) is 19.1 Å². The van der Waals surface area contributed by atoms with Crippen molar-refractivity contribution < 1.29 is 13.9 Å². The lowest BCUT2D eigenvalue weighted by Gasteiger charge is -2.35. The van der Waals surface area contributed by atoms with Crippen LogP contribution in [0.1, 0.15) is 40.9 Å². The first kappa shape index (κ1) is 19.5. The van der Waals surface area contributed by atoms with E-state index in [1.165, 1.54) is 0 Å². The summed E-state index contributed by atoms with van der Waals surface area (Å²) < 4.78 is 19.3. The Morgan fingerprint density at radius 1 is 1.07 bits per heavy atom. The van der Waals surface area contributed by atoms with Gasteiger partial charge < -0.3 is 15.0 Å². The first-order valence-electron chi connectivity index (χ1n) is 9.42. The summed E-state index contributed by atoms with van der Waals surface area (Å²) in [5.41, 5.74) is 3.35.